The fourth-order valence-corrected chi connectivity index (χ4v) is 4.84. The third-order valence-electron chi connectivity index (χ3n) is 6.09. The molecule has 3 aromatic carbocycles. The van der Waals surface area contributed by atoms with Crippen molar-refractivity contribution < 1.29 is 38.2 Å². The maximum Gasteiger partial charge on any atom is 0.343 e. The lowest BCUT2D eigenvalue weighted by atomic mass is 10.2. The van der Waals surface area contributed by atoms with Crippen LogP contribution in [0.4, 0.5) is 10.5 Å². The summed E-state index contributed by atoms with van der Waals surface area (Å²) in [5.41, 5.74) is 1.28. The molecule has 3 aromatic rings. The number of nitrogens with one attached hydrogen (secondary N) is 1. The Bertz CT molecular complexity index is 1570. The predicted molar refractivity (Wildman–Crippen MR) is 162 cm³/mol. The number of thioether (sulfide) groups is 1. The van der Waals surface area contributed by atoms with Crippen molar-refractivity contribution in [2.45, 2.75) is 19.8 Å². The lowest BCUT2D eigenvalue weighted by molar-refractivity contribution is -0.127. The smallest absolute Gasteiger partial charge is 0.343 e. The topological polar surface area (TPSA) is 128 Å². The number of carbonyl (C=O) groups is 5. The van der Waals surface area contributed by atoms with E-state index in [0.29, 0.717) is 40.8 Å². The monoisotopic (exact) mass is 622 g/mol. The van der Waals surface area contributed by atoms with Crippen LogP contribution in [-0.4, -0.2) is 54.2 Å². The molecule has 10 nitrogen and oxygen atoms in total. The van der Waals surface area contributed by atoms with Gasteiger partial charge in [-0.3, -0.25) is 19.3 Å². The summed E-state index contributed by atoms with van der Waals surface area (Å²) < 4.78 is 15.6. The first kappa shape index (κ1) is 31.3. The van der Waals surface area contributed by atoms with Crippen LogP contribution in [-0.2, 0) is 14.3 Å². The minimum absolute atomic E-state index is 0.0891. The van der Waals surface area contributed by atoms with Gasteiger partial charge in [-0.05, 0) is 84.4 Å². The minimum Gasteiger partial charge on any atom is -0.497 e. The molecule has 43 heavy (non-hydrogen) atoms. The van der Waals surface area contributed by atoms with Gasteiger partial charge < -0.3 is 19.5 Å². The second-order valence-electron chi connectivity index (χ2n) is 9.19. The highest BCUT2D eigenvalue weighted by Gasteiger charge is 2.36. The summed E-state index contributed by atoms with van der Waals surface area (Å²) in [7, 11) is 1.53. The summed E-state index contributed by atoms with van der Waals surface area (Å²) in [5.74, 6) is -1.52. The van der Waals surface area contributed by atoms with E-state index in [1.807, 2.05) is 6.92 Å². The van der Waals surface area contributed by atoms with Crippen LogP contribution in [0.5, 0.6) is 11.5 Å². The summed E-state index contributed by atoms with van der Waals surface area (Å²) in [6.07, 6.45) is 3.07. The van der Waals surface area contributed by atoms with E-state index in [0.717, 1.165) is 11.3 Å². The third kappa shape index (κ3) is 8.24. The molecular formula is C31H27ClN2O8S. The molecule has 0 atom stereocenters. The Morgan fingerprint density at radius 2 is 1.65 bits per heavy atom. The number of rotatable bonds is 11. The number of hydrogen-bond donors (Lipinski definition) is 1. The summed E-state index contributed by atoms with van der Waals surface area (Å²) in [6.45, 7) is 1.69. The number of unbranched alkanes of at least 4 members (excludes halogenated alkanes) is 1. The van der Waals surface area contributed by atoms with Crippen molar-refractivity contribution in [3.63, 3.8) is 0 Å². The summed E-state index contributed by atoms with van der Waals surface area (Å²) >= 11 is 6.82. The Hall–Kier alpha value is -4.61. The molecule has 0 unspecified atom stereocenters. The Morgan fingerprint density at radius 1 is 0.953 bits per heavy atom. The van der Waals surface area contributed by atoms with E-state index in [-0.39, 0.29) is 27.8 Å². The number of carbonyl (C=O) groups excluding carboxylic acids is 5. The molecule has 222 valence electrons. The Balaban J connectivity index is 1.35. The lowest BCUT2D eigenvalue weighted by Crippen LogP contribution is -2.36. The number of imide groups is 1. The number of halogens is 1. The number of methoxy groups -OCH3 is 1. The first-order valence-electron chi connectivity index (χ1n) is 13.2. The zero-order chi connectivity index (χ0) is 30.9. The van der Waals surface area contributed by atoms with Crippen LogP contribution in [0.15, 0.2) is 71.6 Å². The number of esters is 2. The van der Waals surface area contributed by atoms with E-state index < -0.39 is 35.5 Å². The molecule has 1 aliphatic heterocycles. The maximum absolute atomic E-state index is 12.9. The SMILES string of the molecule is CCCCOC(=O)c1cc(NC(=O)CN2C(=O)S/C(=C/c3ccc(OC(=O)c4ccc(OC)cc4)cc3)C2=O)ccc1Cl. The fraction of sp³-hybridized carbons (Fsp3) is 0.194. The second kappa shape index (κ2) is 14.5. The average molecular weight is 623 g/mol. The van der Waals surface area contributed by atoms with Crippen LogP contribution in [0.25, 0.3) is 6.08 Å². The number of anilines is 1. The van der Waals surface area contributed by atoms with E-state index >= 15 is 0 Å². The quantitative estimate of drug-likeness (QED) is 0.115. The van der Waals surface area contributed by atoms with E-state index in [9.17, 15) is 24.0 Å². The molecule has 1 N–H and O–H groups in total. The van der Waals surface area contributed by atoms with Crippen LogP contribution >= 0.6 is 23.4 Å². The van der Waals surface area contributed by atoms with Gasteiger partial charge in [0.2, 0.25) is 5.91 Å². The molecule has 3 amide bonds. The minimum atomic E-state index is -0.640. The molecule has 4 rings (SSSR count). The molecule has 1 heterocycles. The van der Waals surface area contributed by atoms with Crippen molar-refractivity contribution >= 4 is 64.1 Å². The normalized spacial score (nSPS) is 13.7. The molecule has 0 aliphatic carbocycles. The summed E-state index contributed by atoms with van der Waals surface area (Å²) in [5, 5.41) is 2.14. The van der Waals surface area contributed by atoms with Gasteiger partial charge in [0.1, 0.15) is 18.0 Å². The van der Waals surface area contributed by atoms with Crippen LogP contribution in [0.2, 0.25) is 5.02 Å². The summed E-state index contributed by atoms with van der Waals surface area (Å²) in [6, 6.07) is 17.2. The van der Waals surface area contributed by atoms with Crippen LogP contribution in [0, 0.1) is 0 Å². The van der Waals surface area contributed by atoms with E-state index in [2.05, 4.69) is 5.32 Å². The van der Waals surface area contributed by atoms with Crippen molar-refractivity contribution in [3.05, 3.63) is 93.3 Å². The van der Waals surface area contributed by atoms with Crippen molar-refractivity contribution in [2.24, 2.45) is 0 Å². The number of amides is 3. The van der Waals surface area contributed by atoms with Gasteiger partial charge >= 0.3 is 11.9 Å². The molecule has 0 radical (unpaired) electrons. The van der Waals surface area contributed by atoms with E-state index in [1.165, 1.54) is 31.4 Å². The van der Waals surface area contributed by atoms with Crippen molar-refractivity contribution in [3.8, 4) is 11.5 Å². The third-order valence-corrected chi connectivity index (χ3v) is 7.33. The van der Waals surface area contributed by atoms with Crippen molar-refractivity contribution in [1.29, 1.82) is 0 Å². The molecule has 1 fully saturated rings. The van der Waals surface area contributed by atoms with Gasteiger partial charge in [-0.1, -0.05) is 37.1 Å². The van der Waals surface area contributed by atoms with Gasteiger partial charge in [-0.25, -0.2) is 9.59 Å². The zero-order valence-corrected chi connectivity index (χ0v) is 24.8. The van der Waals surface area contributed by atoms with Crippen molar-refractivity contribution in [1.82, 2.24) is 4.90 Å². The first-order chi connectivity index (χ1) is 20.7. The number of benzene rings is 3. The predicted octanol–water partition coefficient (Wildman–Crippen LogP) is 6.20. The van der Waals surface area contributed by atoms with Crippen LogP contribution in [0.3, 0.4) is 0 Å². The second-order valence-corrected chi connectivity index (χ2v) is 10.6. The zero-order valence-electron chi connectivity index (χ0n) is 23.3. The molecule has 0 saturated carbocycles. The van der Waals surface area contributed by atoms with Gasteiger partial charge in [0.05, 0.1) is 34.8 Å². The Morgan fingerprint density at radius 3 is 2.33 bits per heavy atom. The highest BCUT2D eigenvalue weighted by atomic mass is 35.5. The molecule has 0 spiro atoms. The molecule has 12 heteroatoms. The average Bonchev–Trinajstić information content (AvgIpc) is 3.26. The number of ether oxygens (including phenoxy) is 3. The number of hydrogen-bond acceptors (Lipinski definition) is 9. The highest BCUT2D eigenvalue weighted by Crippen LogP contribution is 2.32. The Labute approximate surface area is 256 Å². The largest absolute Gasteiger partial charge is 0.497 e. The van der Waals surface area contributed by atoms with E-state index in [1.54, 1.807) is 48.5 Å². The molecule has 0 bridgehead atoms. The molecule has 1 aliphatic rings. The number of nitrogens with zero attached hydrogens (tertiary/aromatic N) is 1. The summed E-state index contributed by atoms with van der Waals surface area (Å²) in [4.78, 5) is 63.8. The highest BCUT2D eigenvalue weighted by molar-refractivity contribution is 8.18. The van der Waals surface area contributed by atoms with Gasteiger partial charge in [0.15, 0.2) is 0 Å². The maximum atomic E-state index is 12.9. The van der Waals surface area contributed by atoms with Gasteiger partial charge in [-0.15, -0.1) is 0 Å². The van der Waals surface area contributed by atoms with Gasteiger partial charge in [0, 0.05) is 5.69 Å². The van der Waals surface area contributed by atoms with Gasteiger partial charge in [0.25, 0.3) is 11.1 Å². The first-order valence-corrected chi connectivity index (χ1v) is 14.4. The standard InChI is InChI=1S/C31H27ClN2O8S/c1-3-4-15-41-30(38)24-17-21(9-14-25(24)32)33-27(35)18-34-28(36)26(43-31(34)39)16-19-5-10-23(11-6-19)42-29(37)20-7-12-22(40-2)13-8-20/h5-14,16-17H,3-4,15,18H2,1-2H3,(H,33,35)/b26-16+. The lowest BCUT2D eigenvalue weighted by Gasteiger charge is -2.13. The van der Waals surface area contributed by atoms with Crippen LogP contribution < -0.4 is 14.8 Å². The van der Waals surface area contributed by atoms with E-state index in [4.69, 9.17) is 25.8 Å². The van der Waals surface area contributed by atoms with Crippen LogP contribution in [0.1, 0.15) is 46.0 Å². The molecular weight excluding hydrogens is 596 g/mol. The van der Waals surface area contributed by atoms with Crippen molar-refractivity contribution in [2.75, 3.05) is 25.6 Å². The van der Waals surface area contributed by atoms with Gasteiger partial charge in [-0.2, -0.15) is 0 Å². The Kier molecular flexibility index (Phi) is 10.6. The molecule has 0 aromatic heterocycles. The fourth-order valence-electron chi connectivity index (χ4n) is 3.80. The molecule has 1 saturated heterocycles.